The number of benzene rings is 2. The molecule has 16 heavy (non-hydrogen) atoms. The Balaban J connectivity index is 2.24. The summed E-state index contributed by atoms with van der Waals surface area (Å²) in [6.45, 7) is 4.01. The van der Waals surface area contributed by atoms with Gasteiger partial charge in [-0.15, -0.1) is 0 Å². The van der Waals surface area contributed by atoms with Crippen molar-refractivity contribution in [2.75, 3.05) is 5.73 Å². The molecule has 0 aliphatic rings. The van der Waals surface area contributed by atoms with Crippen LogP contribution in [0.15, 0.2) is 42.5 Å². The molecule has 2 aromatic carbocycles. The predicted molar refractivity (Wildman–Crippen MR) is 66.8 cm³/mol. The molecule has 0 unspecified atom stereocenters. The zero-order chi connectivity index (χ0) is 11.5. The Morgan fingerprint density at radius 2 is 1.69 bits per heavy atom. The summed E-state index contributed by atoms with van der Waals surface area (Å²) in [5.41, 5.74) is 8.76. The van der Waals surface area contributed by atoms with Crippen LogP contribution in [0.1, 0.15) is 11.1 Å². The third-order valence-electron chi connectivity index (χ3n) is 2.47. The number of aryl methyl sites for hydroxylation is 2. The minimum absolute atomic E-state index is 0.789. The van der Waals surface area contributed by atoms with Gasteiger partial charge in [-0.25, -0.2) is 0 Å². The molecule has 0 amide bonds. The zero-order valence-corrected chi connectivity index (χ0v) is 9.53. The molecule has 0 saturated heterocycles. The van der Waals surface area contributed by atoms with Gasteiger partial charge in [0.05, 0.1) is 0 Å². The molecule has 0 atom stereocenters. The maximum atomic E-state index is 5.75. The van der Waals surface area contributed by atoms with Gasteiger partial charge in [-0.3, -0.25) is 0 Å². The van der Waals surface area contributed by atoms with Gasteiger partial charge in [-0.1, -0.05) is 12.1 Å². The average molecular weight is 213 g/mol. The van der Waals surface area contributed by atoms with E-state index in [1.807, 2.05) is 56.3 Å². The quantitative estimate of drug-likeness (QED) is 0.772. The van der Waals surface area contributed by atoms with Crippen LogP contribution < -0.4 is 10.5 Å². The number of anilines is 1. The van der Waals surface area contributed by atoms with E-state index in [1.54, 1.807) is 0 Å². The summed E-state index contributed by atoms with van der Waals surface area (Å²) in [6.07, 6.45) is 0. The van der Waals surface area contributed by atoms with E-state index in [9.17, 15) is 0 Å². The van der Waals surface area contributed by atoms with Gasteiger partial charge in [0.25, 0.3) is 0 Å². The van der Waals surface area contributed by atoms with E-state index in [0.29, 0.717) is 0 Å². The molecule has 0 fully saturated rings. The van der Waals surface area contributed by atoms with Crippen molar-refractivity contribution < 1.29 is 4.74 Å². The monoisotopic (exact) mass is 213 g/mol. The maximum Gasteiger partial charge on any atom is 0.127 e. The van der Waals surface area contributed by atoms with Crippen LogP contribution in [-0.4, -0.2) is 0 Å². The third kappa shape index (κ3) is 2.34. The van der Waals surface area contributed by atoms with E-state index < -0.39 is 0 Å². The highest BCUT2D eigenvalue weighted by Crippen LogP contribution is 2.25. The van der Waals surface area contributed by atoms with E-state index in [-0.39, 0.29) is 0 Å². The first kappa shape index (κ1) is 10.6. The standard InChI is InChI=1S/C14H15NO/c1-10-4-3-5-12(8-10)16-13-6-7-14(15)11(2)9-13/h3-9H,15H2,1-2H3. The van der Waals surface area contributed by atoms with E-state index in [1.165, 1.54) is 5.56 Å². The largest absolute Gasteiger partial charge is 0.457 e. The number of ether oxygens (including phenoxy) is 1. The number of rotatable bonds is 2. The summed E-state index contributed by atoms with van der Waals surface area (Å²) in [5, 5.41) is 0. The van der Waals surface area contributed by atoms with Gasteiger partial charge in [-0.05, 0) is 55.3 Å². The molecule has 0 radical (unpaired) electrons. The summed E-state index contributed by atoms with van der Waals surface area (Å²) in [5.74, 6) is 1.67. The molecule has 0 saturated carbocycles. The first-order valence-corrected chi connectivity index (χ1v) is 5.26. The van der Waals surface area contributed by atoms with Crippen LogP contribution in [0.25, 0.3) is 0 Å². The Labute approximate surface area is 95.7 Å². The topological polar surface area (TPSA) is 35.2 Å². The second kappa shape index (κ2) is 4.27. The van der Waals surface area contributed by atoms with Crippen molar-refractivity contribution in [3.8, 4) is 11.5 Å². The minimum atomic E-state index is 0.789. The normalized spacial score (nSPS) is 10.1. The van der Waals surface area contributed by atoms with Crippen LogP contribution in [0.3, 0.4) is 0 Å². The molecule has 0 aliphatic carbocycles. The molecule has 0 spiro atoms. The van der Waals surface area contributed by atoms with Crippen molar-refractivity contribution in [3.05, 3.63) is 53.6 Å². The van der Waals surface area contributed by atoms with Crippen molar-refractivity contribution >= 4 is 5.69 Å². The van der Waals surface area contributed by atoms with Crippen molar-refractivity contribution in [1.82, 2.24) is 0 Å². The van der Waals surface area contributed by atoms with Crippen molar-refractivity contribution in [2.24, 2.45) is 0 Å². The second-order valence-corrected chi connectivity index (χ2v) is 3.94. The lowest BCUT2D eigenvalue weighted by Crippen LogP contribution is -1.90. The van der Waals surface area contributed by atoms with Crippen molar-refractivity contribution in [2.45, 2.75) is 13.8 Å². The Kier molecular flexibility index (Phi) is 2.82. The van der Waals surface area contributed by atoms with Gasteiger partial charge < -0.3 is 10.5 Å². The molecule has 2 nitrogen and oxygen atoms in total. The molecule has 2 heteroatoms. The fraction of sp³-hybridized carbons (Fsp3) is 0.143. The minimum Gasteiger partial charge on any atom is -0.457 e. The summed E-state index contributed by atoms with van der Waals surface area (Å²) in [6, 6.07) is 13.7. The fourth-order valence-corrected chi connectivity index (χ4v) is 1.53. The van der Waals surface area contributed by atoms with Crippen LogP contribution in [0, 0.1) is 13.8 Å². The van der Waals surface area contributed by atoms with Crippen LogP contribution in [-0.2, 0) is 0 Å². The van der Waals surface area contributed by atoms with E-state index in [4.69, 9.17) is 10.5 Å². The van der Waals surface area contributed by atoms with Crippen molar-refractivity contribution in [1.29, 1.82) is 0 Å². The number of nitrogen functional groups attached to an aromatic ring is 1. The van der Waals surface area contributed by atoms with Gasteiger partial charge in [0.2, 0.25) is 0 Å². The Morgan fingerprint density at radius 3 is 2.38 bits per heavy atom. The highest BCUT2D eigenvalue weighted by Gasteiger charge is 1.99. The molecule has 0 aliphatic heterocycles. The molecule has 2 N–H and O–H groups in total. The Bertz CT molecular complexity index is 506. The first-order chi connectivity index (χ1) is 7.65. The SMILES string of the molecule is Cc1cccc(Oc2ccc(N)c(C)c2)c1. The summed E-state index contributed by atoms with van der Waals surface area (Å²) in [4.78, 5) is 0. The molecule has 0 bridgehead atoms. The summed E-state index contributed by atoms with van der Waals surface area (Å²) < 4.78 is 5.74. The van der Waals surface area contributed by atoms with Crippen molar-refractivity contribution in [3.63, 3.8) is 0 Å². The van der Waals surface area contributed by atoms with E-state index in [2.05, 4.69) is 0 Å². The molecule has 0 heterocycles. The van der Waals surface area contributed by atoms with Gasteiger partial charge in [0, 0.05) is 5.69 Å². The van der Waals surface area contributed by atoms with Gasteiger partial charge >= 0.3 is 0 Å². The molecular formula is C14H15NO. The van der Waals surface area contributed by atoms with Gasteiger partial charge in [0.15, 0.2) is 0 Å². The number of nitrogens with two attached hydrogens (primary N) is 1. The first-order valence-electron chi connectivity index (χ1n) is 5.26. The van der Waals surface area contributed by atoms with Crippen LogP contribution in [0.5, 0.6) is 11.5 Å². The zero-order valence-electron chi connectivity index (χ0n) is 9.53. The Hall–Kier alpha value is -1.96. The lowest BCUT2D eigenvalue weighted by Gasteiger charge is -2.08. The molecular weight excluding hydrogens is 198 g/mol. The van der Waals surface area contributed by atoms with Gasteiger partial charge in [-0.2, -0.15) is 0 Å². The molecule has 0 aromatic heterocycles. The average Bonchev–Trinajstić information content (AvgIpc) is 2.24. The molecule has 2 aromatic rings. The van der Waals surface area contributed by atoms with E-state index in [0.717, 1.165) is 22.7 Å². The van der Waals surface area contributed by atoms with E-state index >= 15 is 0 Å². The van der Waals surface area contributed by atoms with Gasteiger partial charge in [0.1, 0.15) is 11.5 Å². The van der Waals surface area contributed by atoms with Crippen LogP contribution >= 0.6 is 0 Å². The lowest BCUT2D eigenvalue weighted by molar-refractivity contribution is 0.482. The highest BCUT2D eigenvalue weighted by molar-refractivity contribution is 5.50. The second-order valence-electron chi connectivity index (χ2n) is 3.94. The van der Waals surface area contributed by atoms with Crippen LogP contribution in [0.2, 0.25) is 0 Å². The summed E-state index contributed by atoms with van der Waals surface area (Å²) in [7, 11) is 0. The molecule has 2 rings (SSSR count). The lowest BCUT2D eigenvalue weighted by atomic mass is 10.2. The number of hydrogen-bond donors (Lipinski definition) is 1. The summed E-state index contributed by atoms with van der Waals surface area (Å²) >= 11 is 0. The maximum absolute atomic E-state index is 5.75. The smallest absolute Gasteiger partial charge is 0.127 e. The molecule has 82 valence electrons. The highest BCUT2D eigenvalue weighted by atomic mass is 16.5. The third-order valence-corrected chi connectivity index (χ3v) is 2.47. The predicted octanol–water partition coefficient (Wildman–Crippen LogP) is 3.68. The number of hydrogen-bond acceptors (Lipinski definition) is 2. The Morgan fingerprint density at radius 1 is 0.938 bits per heavy atom. The fourth-order valence-electron chi connectivity index (χ4n) is 1.53. The van der Waals surface area contributed by atoms with Crippen LogP contribution in [0.4, 0.5) is 5.69 Å².